The molecule has 103 heavy (non-hydrogen) atoms. The van der Waals surface area contributed by atoms with Crippen molar-refractivity contribution in [2.24, 2.45) is 23.7 Å². The molecule has 0 heterocycles. The Morgan fingerprint density at radius 3 is 0.689 bits per heavy atom. The van der Waals surface area contributed by atoms with Gasteiger partial charge in [0.05, 0.1) is 26.4 Å². The van der Waals surface area contributed by atoms with Crippen LogP contribution in [0.4, 0.5) is 0 Å². The van der Waals surface area contributed by atoms with Crippen molar-refractivity contribution in [1.29, 1.82) is 0 Å². The van der Waals surface area contributed by atoms with Gasteiger partial charge >= 0.3 is 39.5 Å². The van der Waals surface area contributed by atoms with Gasteiger partial charge in [0.1, 0.15) is 19.3 Å². The predicted octanol–water partition coefficient (Wildman–Crippen LogP) is 25.2. The van der Waals surface area contributed by atoms with E-state index < -0.39 is 97.5 Å². The Morgan fingerprint density at radius 2 is 0.466 bits per heavy atom. The number of carbonyl (C=O) groups is 4. The Morgan fingerprint density at radius 1 is 0.272 bits per heavy atom. The summed E-state index contributed by atoms with van der Waals surface area (Å²) in [4.78, 5) is 73.1. The molecule has 0 aliphatic rings. The second-order valence-electron chi connectivity index (χ2n) is 31.7. The summed E-state index contributed by atoms with van der Waals surface area (Å²) in [6, 6.07) is 0. The first kappa shape index (κ1) is 101. The molecule has 17 nitrogen and oxygen atoms in total. The fraction of sp³-hybridized carbons (Fsp3) is 0.952. The van der Waals surface area contributed by atoms with Crippen molar-refractivity contribution >= 4 is 39.5 Å². The standard InChI is InChI=1S/C84H164O17P2/c1-9-76(7)62-54-46-38-32-25-21-17-13-11-12-14-18-22-26-34-40-50-58-67-84(89)101-80(71-95-82(87)65-57-49-43-42-47-55-63-77(8)10-2)73-99-103(92,93)97-69-78(85)68-96-102(90,91)98-72-79(70-94-81(86)64-56-48-39-33-29-28-31-37-45-53-61-75(5)6)100-83(88)66-59-51-41-35-27-23-19-15-16-20-24-30-36-44-52-60-74(3)4/h74-80,85H,9-73H2,1-8H3,(H,90,91)(H,92,93)/t76?,77?,78-,79-,80-/m1/s1. The lowest BCUT2D eigenvalue weighted by atomic mass is 9.99. The predicted molar refractivity (Wildman–Crippen MR) is 423 cm³/mol. The lowest BCUT2D eigenvalue weighted by Gasteiger charge is -2.21. The van der Waals surface area contributed by atoms with Gasteiger partial charge in [-0.05, 0) is 49.4 Å². The zero-order valence-corrected chi connectivity index (χ0v) is 69.7. The van der Waals surface area contributed by atoms with Gasteiger partial charge in [-0.2, -0.15) is 0 Å². The number of hydrogen-bond acceptors (Lipinski definition) is 15. The van der Waals surface area contributed by atoms with Crippen LogP contribution in [0.5, 0.6) is 0 Å². The maximum Gasteiger partial charge on any atom is 0.472 e. The number of phosphoric ester groups is 2. The van der Waals surface area contributed by atoms with E-state index in [1.807, 2.05) is 0 Å². The van der Waals surface area contributed by atoms with Crippen molar-refractivity contribution in [1.82, 2.24) is 0 Å². The van der Waals surface area contributed by atoms with Gasteiger partial charge in [0.25, 0.3) is 0 Å². The zero-order chi connectivity index (χ0) is 76.0. The van der Waals surface area contributed by atoms with Crippen LogP contribution in [-0.4, -0.2) is 96.7 Å². The number of hydrogen-bond donors (Lipinski definition) is 3. The van der Waals surface area contributed by atoms with Crippen LogP contribution in [0.2, 0.25) is 0 Å². The van der Waals surface area contributed by atoms with E-state index >= 15 is 0 Å². The van der Waals surface area contributed by atoms with Crippen molar-refractivity contribution in [2.45, 2.75) is 453 Å². The van der Waals surface area contributed by atoms with Gasteiger partial charge in [-0.1, -0.05) is 383 Å². The summed E-state index contributed by atoms with van der Waals surface area (Å²) in [5.74, 6) is 1.05. The van der Waals surface area contributed by atoms with Crippen LogP contribution in [0.25, 0.3) is 0 Å². The summed E-state index contributed by atoms with van der Waals surface area (Å²) in [5, 5.41) is 10.7. The topological polar surface area (TPSA) is 237 Å². The van der Waals surface area contributed by atoms with Crippen LogP contribution in [-0.2, 0) is 65.4 Å². The van der Waals surface area contributed by atoms with Gasteiger partial charge < -0.3 is 33.8 Å². The third kappa shape index (κ3) is 75.3. The number of rotatable bonds is 81. The maximum atomic E-state index is 13.1. The number of aliphatic hydroxyl groups is 1. The zero-order valence-electron chi connectivity index (χ0n) is 68.0. The van der Waals surface area contributed by atoms with E-state index in [1.54, 1.807) is 0 Å². The highest BCUT2D eigenvalue weighted by Gasteiger charge is 2.30. The molecule has 0 spiro atoms. The Hall–Kier alpha value is -1.94. The van der Waals surface area contributed by atoms with E-state index in [0.717, 1.165) is 120 Å². The molecule has 0 aromatic rings. The normalized spacial score (nSPS) is 14.5. The molecule has 4 unspecified atom stereocenters. The van der Waals surface area contributed by atoms with E-state index in [1.165, 1.54) is 231 Å². The van der Waals surface area contributed by atoms with Crippen molar-refractivity contribution in [3.63, 3.8) is 0 Å². The molecule has 612 valence electrons. The van der Waals surface area contributed by atoms with Crippen LogP contribution >= 0.6 is 15.6 Å². The van der Waals surface area contributed by atoms with E-state index in [2.05, 4.69) is 55.4 Å². The van der Waals surface area contributed by atoms with Gasteiger partial charge in [-0.3, -0.25) is 37.3 Å². The minimum Gasteiger partial charge on any atom is -0.462 e. The minimum absolute atomic E-state index is 0.107. The number of unbranched alkanes of at least 4 members (excludes halogenated alkanes) is 45. The highest BCUT2D eigenvalue weighted by molar-refractivity contribution is 7.47. The molecular weight excluding hydrogens is 1340 g/mol. The van der Waals surface area contributed by atoms with Crippen molar-refractivity contribution in [2.75, 3.05) is 39.6 Å². The first-order valence-corrected chi connectivity index (χ1v) is 46.3. The van der Waals surface area contributed by atoms with Gasteiger partial charge in [-0.15, -0.1) is 0 Å². The quantitative estimate of drug-likeness (QED) is 0.0222. The van der Waals surface area contributed by atoms with E-state index in [-0.39, 0.29) is 25.7 Å². The average Bonchev–Trinajstić information content (AvgIpc) is 0.916. The molecule has 0 bridgehead atoms. The Balaban J connectivity index is 5.20. The van der Waals surface area contributed by atoms with Crippen LogP contribution in [0.3, 0.4) is 0 Å². The molecule has 19 heteroatoms. The fourth-order valence-corrected chi connectivity index (χ4v) is 14.5. The molecule has 0 radical (unpaired) electrons. The summed E-state index contributed by atoms with van der Waals surface area (Å²) in [5.41, 5.74) is 0. The third-order valence-electron chi connectivity index (χ3n) is 20.3. The van der Waals surface area contributed by atoms with Crippen LogP contribution < -0.4 is 0 Å². The van der Waals surface area contributed by atoms with Crippen LogP contribution in [0, 0.1) is 23.7 Å². The molecule has 0 aromatic heterocycles. The van der Waals surface area contributed by atoms with E-state index in [4.69, 9.17) is 37.0 Å². The highest BCUT2D eigenvalue weighted by atomic mass is 31.2. The fourth-order valence-electron chi connectivity index (χ4n) is 12.9. The van der Waals surface area contributed by atoms with Crippen LogP contribution in [0.15, 0.2) is 0 Å². The van der Waals surface area contributed by atoms with E-state index in [9.17, 15) is 43.2 Å². The van der Waals surface area contributed by atoms with Gasteiger partial charge in [-0.25, -0.2) is 9.13 Å². The maximum absolute atomic E-state index is 13.1. The number of phosphoric acid groups is 2. The molecule has 0 aliphatic heterocycles. The minimum atomic E-state index is -4.96. The average molecular weight is 1510 g/mol. The summed E-state index contributed by atoms with van der Waals surface area (Å²) >= 11 is 0. The molecule has 0 saturated heterocycles. The molecule has 0 amide bonds. The molecule has 0 rings (SSSR count). The number of carbonyl (C=O) groups excluding carboxylic acids is 4. The van der Waals surface area contributed by atoms with Crippen molar-refractivity contribution in [3.8, 4) is 0 Å². The second kappa shape index (κ2) is 72.9. The second-order valence-corrected chi connectivity index (χ2v) is 34.6. The Bertz CT molecular complexity index is 2010. The van der Waals surface area contributed by atoms with Crippen LogP contribution in [0.1, 0.15) is 434 Å². The third-order valence-corrected chi connectivity index (χ3v) is 22.2. The highest BCUT2D eigenvalue weighted by Crippen LogP contribution is 2.45. The SMILES string of the molecule is CCC(C)CCCCCCCCCCCCCCCCCCCCC(=O)O[C@H](COC(=O)CCCCCCCCC(C)CC)COP(=O)(O)OC[C@H](O)COP(=O)(O)OC[C@@H](COC(=O)CCCCCCCCCCCCC(C)C)OC(=O)CCCCCCCCCCCCCCCCCC(C)C. The monoisotopic (exact) mass is 1510 g/mol. The first-order chi connectivity index (χ1) is 49.7. The summed E-state index contributed by atoms with van der Waals surface area (Å²) in [6.45, 7) is 14.3. The molecule has 0 aromatic carbocycles. The summed E-state index contributed by atoms with van der Waals surface area (Å²) in [7, 11) is -9.93. The van der Waals surface area contributed by atoms with Gasteiger partial charge in [0, 0.05) is 25.7 Å². The number of esters is 4. The number of ether oxygens (including phenoxy) is 4. The van der Waals surface area contributed by atoms with Gasteiger partial charge in [0.15, 0.2) is 12.2 Å². The molecule has 0 fully saturated rings. The Labute approximate surface area is 632 Å². The van der Waals surface area contributed by atoms with E-state index in [0.29, 0.717) is 25.7 Å². The lowest BCUT2D eigenvalue weighted by Crippen LogP contribution is -2.30. The Kier molecular flexibility index (Phi) is 71.5. The summed E-state index contributed by atoms with van der Waals surface area (Å²) in [6.07, 6.45) is 61.1. The molecule has 0 saturated carbocycles. The summed E-state index contributed by atoms with van der Waals surface area (Å²) < 4.78 is 68.8. The van der Waals surface area contributed by atoms with Gasteiger partial charge in [0.2, 0.25) is 0 Å². The molecular formula is C84H164O17P2. The van der Waals surface area contributed by atoms with Crippen molar-refractivity contribution < 1.29 is 80.2 Å². The lowest BCUT2D eigenvalue weighted by molar-refractivity contribution is -0.161. The molecule has 0 aliphatic carbocycles. The smallest absolute Gasteiger partial charge is 0.462 e. The molecule has 3 N–H and O–H groups in total. The first-order valence-electron chi connectivity index (χ1n) is 43.3. The molecule has 7 atom stereocenters. The largest absolute Gasteiger partial charge is 0.472 e. The van der Waals surface area contributed by atoms with Crippen molar-refractivity contribution in [3.05, 3.63) is 0 Å². The number of aliphatic hydroxyl groups excluding tert-OH is 1.